The third-order valence-electron chi connectivity index (χ3n) is 3.92. The van der Waals surface area contributed by atoms with Crippen molar-refractivity contribution in [2.45, 2.75) is 25.9 Å². The van der Waals surface area contributed by atoms with E-state index in [4.69, 9.17) is 4.74 Å². The number of benzene rings is 1. The monoisotopic (exact) mass is 414 g/mol. The molecule has 1 amide bonds. The average Bonchev–Trinajstić information content (AvgIpc) is 3.25. The van der Waals surface area contributed by atoms with Crippen LogP contribution in [-0.4, -0.2) is 38.5 Å². The zero-order valence-corrected chi connectivity index (χ0v) is 17.2. The number of hydrogen-bond acceptors (Lipinski definition) is 8. The fraction of sp³-hybridized carbons (Fsp3) is 0.278. The van der Waals surface area contributed by atoms with Crippen molar-refractivity contribution >= 4 is 34.0 Å². The predicted molar refractivity (Wildman–Crippen MR) is 108 cm³/mol. The second-order valence-corrected chi connectivity index (χ2v) is 7.88. The van der Waals surface area contributed by atoms with Crippen molar-refractivity contribution in [3.8, 4) is 17.5 Å². The van der Waals surface area contributed by atoms with Gasteiger partial charge in [-0.1, -0.05) is 23.9 Å². The Morgan fingerprint density at radius 1 is 1.39 bits per heavy atom. The van der Waals surface area contributed by atoms with E-state index in [0.29, 0.717) is 33.8 Å². The highest BCUT2D eigenvalue weighted by atomic mass is 32.2. The molecule has 8 nitrogen and oxygen atoms in total. The van der Waals surface area contributed by atoms with Gasteiger partial charge in [-0.2, -0.15) is 9.94 Å². The van der Waals surface area contributed by atoms with E-state index in [1.54, 1.807) is 4.68 Å². The lowest BCUT2D eigenvalue weighted by Gasteiger charge is -2.10. The molecule has 28 heavy (non-hydrogen) atoms. The van der Waals surface area contributed by atoms with E-state index in [2.05, 4.69) is 26.9 Å². The zero-order valence-electron chi connectivity index (χ0n) is 15.6. The van der Waals surface area contributed by atoms with Crippen LogP contribution in [0.3, 0.4) is 0 Å². The standard InChI is InChI=1S/C18H18N6O2S2/c1-4-26-15-8-6-5-7-14(15)24-18(21-22-23-24)27-10-16(25)20-17-13(9-19)11(2)12(3)28-17/h5-8H,4,10H2,1-3H3,(H,20,25). The van der Waals surface area contributed by atoms with Crippen molar-refractivity contribution in [1.29, 1.82) is 5.26 Å². The third kappa shape index (κ3) is 4.16. The highest BCUT2D eigenvalue weighted by Gasteiger charge is 2.17. The summed E-state index contributed by atoms with van der Waals surface area (Å²) < 4.78 is 7.17. The Balaban J connectivity index is 1.72. The number of carbonyl (C=O) groups excluding carboxylic acids is 1. The minimum Gasteiger partial charge on any atom is -0.492 e. The molecule has 0 bridgehead atoms. The highest BCUT2D eigenvalue weighted by Crippen LogP contribution is 2.32. The number of aromatic nitrogens is 4. The first-order chi connectivity index (χ1) is 13.5. The average molecular weight is 415 g/mol. The van der Waals surface area contributed by atoms with Gasteiger partial charge >= 0.3 is 0 Å². The van der Waals surface area contributed by atoms with E-state index in [0.717, 1.165) is 10.4 Å². The summed E-state index contributed by atoms with van der Waals surface area (Å²) in [7, 11) is 0. The first-order valence-electron chi connectivity index (χ1n) is 8.48. The lowest BCUT2D eigenvalue weighted by Crippen LogP contribution is -2.14. The molecule has 1 aromatic carbocycles. The lowest BCUT2D eigenvalue weighted by molar-refractivity contribution is -0.113. The summed E-state index contributed by atoms with van der Waals surface area (Å²) in [6.07, 6.45) is 0. The summed E-state index contributed by atoms with van der Waals surface area (Å²) in [4.78, 5) is 13.4. The van der Waals surface area contributed by atoms with E-state index in [-0.39, 0.29) is 11.7 Å². The molecule has 144 valence electrons. The zero-order chi connectivity index (χ0) is 20.1. The molecule has 0 fully saturated rings. The molecule has 0 saturated carbocycles. The van der Waals surface area contributed by atoms with Gasteiger partial charge in [0.05, 0.1) is 17.9 Å². The number of nitrogens with one attached hydrogen (secondary N) is 1. The number of nitrogens with zero attached hydrogens (tertiary/aromatic N) is 5. The number of thiophene rings is 1. The fourth-order valence-corrected chi connectivity index (χ4v) is 4.18. The van der Waals surface area contributed by atoms with E-state index in [9.17, 15) is 10.1 Å². The van der Waals surface area contributed by atoms with Gasteiger partial charge in [-0.05, 0) is 48.9 Å². The molecule has 3 aromatic rings. The van der Waals surface area contributed by atoms with Crippen LogP contribution in [0.4, 0.5) is 5.00 Å². The number of para-hydroxylation sites is 2. The Kier molecular flexibility index (Phi) is 6.28. The molecule has 0 atom stereocenters. The van der Waals surface area contributed by atoms with Gasteiger partial charge < -0.3 is 10.1 Å². The van der Waals surface area contributed by atoms with E-state index < -0.39 is 0 Å². The number of nitriles is 1. The van der Waals surface area contributed by atoms with E-state index in [1.807, 2.05) is 45.0 Å². The molecular weight excluding hydrogens is 396 g/mol. The van der Waals surface area contributed by atoms with E-state index in [1.165, 1.54) is 23.1 Å². The molecule has 2 heterocycles. The Labute approximate surface area is 170 Å². The maximum atomic E-state index is 12.4. The van der Waals surface area contributed by atoms with Crippen LogP contribution in [0.25, 0.3) is 5.69 Å². The van der Waals surface area contributed by atoms with Crippen LogP contribution in [0.5, 0.6) is 5.75 Å². The van der Waals surface area contributed by atoms with Crippen LogP contribution in [0.1, 0.15) is 22.9 Å². The molecule has 0 saturated heterocycles. The molecule has 0 aliphatic heterocycles. The van der Waals surface area contributed by atoms with Crippen molar-refractivity contribution in [3.63, 3.8) is 0 Å². The predicted octanol–water partition coefficient (Wildman–Crippen LogP) is 3.34. The second kappa shape index (κ2) is 8.86. The summed E-state index contributed by atoms with van der Waals surface area (Å²) in [5, 5.41) is 24.9. The van der Waals surface area contributed by atoms with Gasteiger partial charge in [0.2, 0.25) is 11.1 Å². The lowest BCUT2D eigenvalue weighted by atomic mass is 10.2. The number of rotatable bonds is 7. The number of amides is 1. The smallest absolute Gasteiger partial charge is 0.235 e. The van der Waals surface area contributed by atoms with Crippen molar-refractivity contribution in [1.82, 2.24) is 20.2 Å². The van der Waals surface area contributed by atoms with Crippen LogP contribution >= 0.6 is 23.1 Å². The molecule has 10 heteroatoms. The van der Waals surface area contributed by atoms with Crippen molar-refractivity contribution in [2.75, 3.05) is 17.7 Å². The van der Waals surface area contributed by atoms with Crippen molar-refractivity contribution in [2.24, 2.45) is 0 Å². The molecule has 0 aliphatic carbocycles. The van der Waals surface area contributed by atoms with Crippen LogP contribution in [-0.2, 0) is 4.79 Å². The summed E-state index contributed by atoms with van der Waals surface area (Å²) in [6, 6.07) is 9.57. The largest absolute Gasteiger partial charge is 0.492 e. The Hall–Kier alpha value is -2.90. The molecule has 0 unspecified atom stereocenters. The number of hydrogen-bond donors (Lipinski definition) is 1. The Bertz CT molecular complexity index is 1040. The van der Waals surface area contributed by atoms with Gasteiger partial charge in [0.15, 0.2) is 0 Å². The number of ether oxygens (including phenoxy) is 1. The van der Waals surface area contributed by atoms with Gasteiger partial charge in [-0.3, -0.25) is 4.79 Å². The molecule has 2 aromatic heterocycles. The number of tetrazole rings is 1. The van der Waals surface area contributed by atoms with Crippen LogP contribution < -0.4 is 10.1 Å². The summed E-state index contributed by atoms with van der Waals surface area (Å²) in [6.45, 7) is 6.22. The number of thioether (sulfide) groups is 1. The summed E-state index contributed by atoms with van der Waals surface area (Å²) in [5.74, 6) is 0.542. The van der Waals surface area contributed by atoms with Crippen LogP contribution in [0.15, 0.2) is 29.4 Å². The Morgan fingerprint density at radius 2 is 2.18 bits per heavy atom. The second-order valence-electron chi connectivity index (χ2n) is 5.71. The topological polar surface area (TPSA) is 106 Å². The number of aryl methyl sites for hydroxylation is 1. The van der Waals surface area contributed by atoms with Crippen LogP contribution in [0, 0.1) is 25.2 Å². The van der Waals surface area contributed by atoms with Crippen molar-refractivity contribution < 1.29 is 9.53 Å². The SMILES string of the molecule is CCOc1ccccc1-n1nnnc1SCC(=O)Nc1sc(C)c(C)c1C#N. The van der Waals surface area contributed by atoms with Gasteiger partial charge in [-0.25, -0.2) is 0 Å². The summed E-state index contributed by atoms with van der Waals surface area (Å²) >= 11 is 2.61. The van der Waals surface area contributed by atoms with Gasteiger partial charge in [0.25, 0.3) is 0 Å². The molecule has 0 spiro atoms. The molecular formula is C18H18N6O2S2. The molecule has 0 radical (unpaired) electrons. The van der Waals surface area contributed by atoms with Gasteiger partial charge in [0, 0.05) is 4.88 Å². The minimum atomic E-state index is -0.226. The number of carbonyl (C=O) groups is 1. The van der Waals surface area contributed by atoms with E-state index >= 15 is 0 Å². The maximum absolute atomic E-state index is 12.4. The summed E-state index contributed by atoms with van der Waals surface area (Å²) in [5.41, 5.74) is 2.11. The minimum absolute atomic E-state index is 0.109. The maximum Gasteiger partial charge on any atom is 0.235 e. The third-order valence-corrected chi connectivity index (χ3v) is 5.96. The van der Waals surface area contributed by atoms with Crippen molar-refractivity contribution in [3.05, 3.63) is 40.3 Å². The number of anilines is 1. The fourth-order valence-electron chi connectivity index (χ4n) is 2.47. The Morgan fingerprint density at radius 3 is 2.93 bits per heavy atom. The molecule has 0 aliphatic rings. The molecule has 1 N–H and O–H groups in total. The first kappa shape index (κ1) is 19.9. The molecule has 3 rings (SSSR count). The normalized spacial score (nSPS) is 10.5. The van der Waals surface area contributed by atoms with Gasteiger partial charge in [0.1, 0.15) is 22.5 Å². The van der Waals surface area contributed by atoms with Crippen LogP contribution in [0.2, 0.25) is 0 Å². The first-order valence-corrected chi connectivity index (χ1v) is 10.3. The highest BCUT2D eigenvalue weighted by molar-refractivity contribution is 7.99. The van der Waals surface area contributed by atoms with Gasteiger partial charge in [-0.15, -0.1) is 16.4 Å². The quantitative estimate of drug-likeness (QED) is 0.591.